The van der Waals surface area contributed by atoms with Gasteiger partial charge < -0.3 is 19.8 Å². The molecule has 0 aliphatic carbocycles. The van der Waals surface area contributed by atoms with Gasteiger partial charge in [0.25, 0.3) is 0 Å². The van der Waals surface area contributed by atoms with Gasteiger partial charge in [-0.05, 0) is 19.8 Å². The molecule has 1 N–H and O–H groups in total. The lowest BCUT2D eigenvalue weighted by Crippen LogP contribution is -2.47. The highest BCUT2D eigenvalue weighted by atomic mass is 16.4. The number of carboxylic acids is 1. The number of carbonyl (C=O) groups excluding carboxylic acids is 2. The zero-order chi connectivity index (χ0) is 16.2. The van der Waals surface area contributed by atoms with E-state index in [1.54, 1.807) is 21.0 Å². The molecule has 21 heavy (non-hydrogen) atoms. The van der Waals surface area contributed by atoms with Gasteiger partial charge in [-0.15, -0.1) is 0 Å². The van der Waals surface area contributed by atoms with Crippen LogP contribution >= 0.6 is 0 Å². The van der Waals surface area contributed by atoms with E-state index in [0.717, 1.165) is 6.42 Å². The molecule has 3 amide bonds. The lowest BCUT2D eigenvalue weighted by atomic mass is 9.90. The fraction of sp³-hybridized carbons (Fsp3) is 0.786. The Kier molecular flexibility index (Phi) is 5.57. The van der Waals surface area contributed by atoms with Crippen LogP contribution in [0.2, 0.25) is 0 Å². The molecule has 1 heterocycles. The first kappa shape index (κ1) is 17.3. The van der Waals surface area contributed by atoms with Gasteiger partial charge in [0, 0.05) is 33.7 Å². The maximum absolute atomic E-state index is 12.5. The molecule has 0 aromatic rings. The Hall–Kier alpha value is -1.79. The van der Waals surface area contributed by atoms with Gasteiger partial charge in [-0.3, -0.25) is 9.59 Å². The minimum atomic E-state index is -0.890. The van der Waals surface area contributed by atoms with E-state index in [9.17, 15) is 19.5 Å². The standard InChI is InChI=1S/C14H25N3O4/c1-5-7-16(9-11(18)15(3)4)13(21)17-8-6-14(2,10-17)12(19)20/h5-10H2,1-4H3,(H,19,20). The average Bonchev–Trinajstić information content (AvgIpc) is 2.81. The lowest BCUT2D eigenvalue weighted by molar-refractivity contribution is -0.147. The van der Waals surface area contributed by atoms with Crippen LogP contribution in [0.4, 0.5) is 4.79 Å². The zero-order valence-electron chi connectivity index (χ0n) is 13.3. The van der Waals surface area contributed by atoms with Crippen molar-refractivity contribution in [3.05, 3.63) is 0 Å². The largest absolute Gasteiger partial charge is 0.481 e. The highest BCUT2D eigenvalue weighted by molar-refractivity contribution is 5.85. The minimum Gasteiger partial charge on any atom is -0.481 e. The van der Waals surface area contributed by atoms with Gasteiger partial charge in [-0.2, -0.15) is 0 Å². The van der Waals surface area contributed by atoms with Crippen molar-refractivity contribution in [2.45, 2.75) is 26.7 Å². The first-order valence-electron chi connectivity index (χ1n) is 7.18. The van der Waals surface area contributed by atoms with E-state index in [4.69, 9.17) is 0 Å². The number of carbonyl (C=O) groups is 3. The second kappa shape index (κ2) is 6.78. The smallest absolute Gasteiger partial charge is 0.320 e. The van der Waals surface area contributed by atoms with Crippen LogP contribution in [0.1, 0.15) is 26.7 Å². The van der Waals surface area contributed by atoms with Crippen molar-refractivity contribution < 1.29 is 19.5 Å². The summed E-state index contributed by atoms with van der Waals surface area (Å²) in [4.78, 5) is 40.0. The van der Waals surface area contributed by atoms with Crippen LogP contribution in [-0.4, -0.2) is 78.0 Å². The van der Waals surface area contributed by atoms with Gasteiger partial charge in [0.15, 0.2) is 0 Å². The number of hydrogen-bond donors (Lipinski definition) is 1. The van der Waals surface area contributed by atoms with Crippen molar-refractivity contribution in [1.29, 1.82) is 0 Å². The maximum Gasteiger partial charge on any atom is 0.320 e. The summed E-state index contributed by atoms with van der Waals surface area (Å²) in [7, 11) is 3.29. The van der Waals surface area contributed by atoms with Crippen molar-refractivity contribution in [3.63, 3.8) is 0 Å². The van der Waals surface area contributed by atoms with E-state index in [1.165, 1.54) is 14.7 Å². The molecule has 0 saturated carbocycles. The summed E-state index contributed by atoms with van der Waals surface area (Å²) in [6.45, 7) is 4.71. The molecule has 7 nitrogen and oxygen atoms in total. The van der Waals surface area contributed by atoms with Gasteiger partial charge in [0.1, 0.15) is 6.54 Å². The van der Waals surface area contributed by atoms with Crippen molar-refractivity contribution >= 4 is 17.9 Å². The zero-order valence-corrected chi connectivity index (χ0v) is 13.3. The molecule has 0 spiro atoms. The third kappa shape index (κ3) is 4.09. The first-order valence-corrected chi connectivity index (χ1v) is 7.18. The molecule has 0 aromatic carbocycles. The molecule has 120 valence electrons. The number of carboxylic acid groups (broad SMARTS) is 1. The minimum absolute atomic E-state index is 0.0277. The molecule has 1 aliphatic heterocycles. The monoisotopic (exact) mass is 299 g/mol. The van der Waals surface area contributed by atoms with Gasteiger partial charge in [-0.1, -0.05) is 6.92 Å². The Labute approximate surface area is 125 Å². The molecule has 1 fully saturated rings. The Morgan fingerprint density at radius 2 is 1.90 bits per heavy atom. The van der Waals surface area contributed by atoms with Crippen LogP contribution in [0, 0.1) is 5.41 Å². The Morgan fingerprint density at radius 3 is 2.33 bits per heavy atom. The van der Waals surface area contributed by atoms with Gasteiger partial charge in [0.05, 0.1) is 5.41 Å². The van der Waals surface area contributed by atoms with E-state index in [2.05, 4.69) is 0 Å². The number of urea groups is 1. The molecule has 0 bridgehead atoms. The maximum atomic E-state index is 12.5. The quantitative estimate of drug-likeness (QED) is 0.810. The lowest BCUT2D eigenvalue weighted by Gasteiger charge is -2.29. The molecule has 1 aliphatic rings. The normalized spacial score (nSPS) is 21.2. The van der Waals surface area contributed by atoms with Crippen molar-refractivity contribution in [1.82, 2.24) is 14.7 Å². The Bertz CT molecular complexity index is 424. The number of hydrogen-bond acceptors (Lipinski definition) is 3. The van der Waals surface area contributed by atoms with E-state index < -0.39 is 11.4 Å². The Balaban J connectivity index is 2.74. The summed E-state index contributed by atoms with van der Waals surface area (Å²) in [5.74, 6) is -1.03. The van der Waals surface area contributed by atoms with E-state index in [-0.39, 0.29) is 25.0 Å². The molecule has 7 heteroatoms. The van der Waals surface area contributed by atoms with Crippen LogP contribution in [0.15, 0.2) is 0 Å². The van der Waals surface area contributed by atoms with Gasteiger partial charge in [0.2, 0.25) is 5.91 Å². The van der Waals surface area contributed by atoms with Crippen molar-refractivity contribution in [2.24, 2.45) is 5.41 Å². The number of aliphatic carboxylic acids is 1. The van der Waals surface area contributed by atoms with Gasteiger partial charge >= 0.3 is 12.0 Å². The van der Waals surface area contributed by atoms with Gasteiger partial charge in [-0.25, -0.2) is 4.79 Å². The summed E-state index contributed by atoms with van der Waals surface area (Å²) < 4.78 is 0. The fourth-order valence-electron chi connectivity index (χ4n) is 2.32. The fourth-order valence-corrected chi connectivity index (χ4v) is 2.32. The molecule has 1 unspecified atom stereocenters. The Morgan fingerprint density at radius 1 is 1.29 bits per heavy atom. The summed E-state index contributed by atoms with van der Waals surface area (Å²) >= 11 is 0. The first-order chi connectivity index (χ1) is 9.71. The number of likely N-dealkylation sites (N-methyl/N-ethyl adjacent to an activating group) is 1. The summed E-state index contributed by atoms with van der Waals surface area (Å²) in [5, 5.41) is 9.22. The summed E-state index contributed by atoms with van der Waals surface area (Å²) in [6, 6.07) is -0.253. The molecule has 0 aromatic heterocycles. The molecular weight excluding hydrogens is 274 g/mol. The van der Waals surface area contributed by atoms with Crippen molar-refractivity contribution in [3.8, 4) is 0 Å². The van der Waals surface area contributed by atoms with Crippen molar-refractivity contribution in [2.75, 3.05) is 40.3 Å². The molecule has 1 atom stereocenters. The molecule has 0 radical (unpaired) electrons. The highest BCUT2D eigenvalue weighted by Crippen LogP contribution is 2.30. The van der Waals surface area contributed by atoms with Crippen LogP contribution in [0.5, 0.6) is 0 Å². The number of rotatable bonds is 5. The third-order valence-electron chi connectivity index (χ3n) is 3.85. The molecular formula is C14H25N3O4. The van der Waals surface area contributed by atoms with Crippen LogP contribution < -0.4 is 0 Å². The van der Waals surface area contributed by atoms with E-state index >= 15 is 0 Å². The highest BCUT2D eigenvalue weighted by Gasteiger charge is 2.43. The second-order valence-corrected chi connectivity index (χ2v) is 6.03. The number of likely N-dealkylation sites (tertiary alicyclic amines) is 1. The summed E-state index contributed by atoms with van der Waals surface area (Å²) in [6.07, 6.45) is 1.19. The molecule has 1 rings (SSSR count). The topological polar surface area (TPSA) is 81.2 Å². The second-order valence-electron chi connectivity index (χ2n) is 6.03. The van der Waals surface area contributed by atoms with Crippen LogP contribution in [0.3, 0.4) is 0 Å². The predicted octanol–water partition coefficient (Wildman–Crippen LogP) is 0.703. The summed E-state index contributed by atoms with van der Waals surface area (Å²) in [5.41, 5.74) is -0.890. The SMILES string of the molecule is CCCN(CC(=O)N(C)C)C(=O)N1CCC(C)(C(=O)O)C1. The van der Waals surface area contributed by atoms with Crippen LogP contribution in [-0.2, 0) is 9.59 Å². The van der Waals surface area contributed by atoms with Crippen LogP contribution in [0.25, 0.3) is 0 Å². The third-order valence-corrected chi connectivity index (χ3v) is 3.85. The average molecular weight is 299 g/mol. The molecule has 1 saturated heterocycles. The number of nitrogens with zero attached hydrogens (tertiary/aromatic N) is 3. The number of amides is 3. The van der Waals surface area contributed by atoms with E-state index in [0.29, 0.717) is 19.5 Å². The predicted molar refractivity (Wildman–Crippen MR) is 77.9 cm³/mol. The van der Waals surface area contributed by atoms with E-state index in [1.807, 2.05) is 6.92 Å².